The molecular formula is C27H30ClN3O4S. The zero-order valence-corrected chi connectivity index (χ0v) is 22.0. The topological polar surface area (TPSA) is 71.1 Å². The quantitative estimate of drug-likeness (QED) is 0.306. The lowest BCUT2D eigenvalue weighted by molar-refractivity contribution is -0.132. The van der Waals surface area contributed by atoms with Crippen LogP contribution in [0, 0.1) is 0 Å². The minimum absolute atomic E-state index is 0.0806. The number of benzene rings is 2. The summed E-state index contributed by atoms with van der Waals surface area (Å²) in [5, 5.41) is 5.37. The second kappa shape index (κ2) is 13.6. The first-order valence-corrected chi connectivity index (χ1v) is 12.6. The number of hydrogen-bond acceptors (Lipinski definition) is 5. The molecule has 0 atom stereocenters. The van der Waals surface area contributed by atoms with Crippen molar-refractivity contribution in [2.45, 2.75) is 13.0 Å². The minimum atomic E-state index is -0.387. The van der Waals surface area contributed by atoms with Gasteiger partial charge in [0, 0.05) is 28.7 Å². The number of thiophene rings is 1. The first kappa shape index (κ1) is 27.1. The highest BCUT2D eigenvalue weighted by Crippen LogP contribution is 2.28. The van der Waals surface area contributed by atoms with Crippen molar-refractivity contribution < 1.29 is 19.1 Å². The van der Waals surface area contributed by atoms with Gasteiger partial charge in [-0.05, 0) is 59.8 Å². The summed E-state index contributed by atoms with van der Waals surface area (Å²) < 4.78 is 10.7. The number of carbonyl (C=O) groups excluding carboxylic acids is 2. The predicted octanol–water partition coefficient (Wildman–Crippen LogP) is 5.71. The van der Waals surface area contributed by atoms with Crippen LogP contribution in [0.5, 0.6) is 11.5 Å². The lowest BCUT2D eigenvalue weighted by atomic mass is 10.1. The van der Waals surface area contributed by atoms with Gasteiger partial charge in [0.1, 0.15) is 6.54 Å². The van der Waals surface area contributed by atoms with E-state index in [1.54, 1.807) is 60.8 Å². The van der Waals surface area contributed by atoms with E-state index in [1.165, 1.54) is 4.90 Å². The first-order valence-electron chi connectivity index (χ1n) is 11.4. The molecule has 1 aromatic heterocycles. The summed E-state index contributed by atoms with van der Waals surface area (Å²) in [4.78, 5) is 30.6. The Kier molecular flexibility index (Phi) is 10.2. The maximum Gasteiger partial charge on any atom is 0.322 e. The van der Waals surface area contributed by atoms with Gasteiger partial charge >= 0.3 is 6.03 Å². The SMILES string of the molecule is C=CCN(CC(=O)N(CCc1ccc(OC)c(OC)c1)Cc1cccs1)C(=O)Nc1ccc(Cl)cc1. The second-order valence-corrected chi connectivity index (χ2v) is 9.41. The molecule has 0 fully saturated rings. The molecule has 0 spiro atoms. The van der Waals surface area contributed by atoms with Crippen molar-refractivity contribution in [1.82, 2.24) is 9.80 Å². The molecule has 0 saturated carbocycles. The maximum atomic E-state index is 13.4. The van der Waals surface area contributed by atoms with E-state index >= 15 is 0 Å². The van der Waals surface area contributed by atoms with E-state index in [9.17, 15) is 9.59 Å². The molecule has 190 valence electrons. The van der Waals surface area contributed by atoms with Crippen molar-refractivity contribution >= 4 is 40.6 Å². The van der Waals surface area contributed by atoms with E-state index in [0.717, 1.165) is 10.4 Å². The van der Waals surface area contributed by atoms with Crippen LogP contribution in [-0.2, 0) is 17.8 Å². The van der Waals surface area contributed by atoms with Crippen molar-refractivity contribution in [3.8, 4) is 11.5 Å². The average molecular weight is 528 g/mol. The summed E-state index contributed by atoms with van der Waals surface area (Å²) in [6, 6.07) is 16.1. The summed E-state index contributed by atoms with van der Waals surface area (Å²) in [5.74, 6) is 1.14. The third kappa shape index (κ3) is 7.76. The number of urea groups is 1. The van der Waals surface area contributed by atoms with Crippen molar-refractivity contribution in [3.05, 3.63) is 88.1 Å². The Labute approximate surface area is 220 Å². The number of methoxy groups -OCH3 is 2. The van der Waals surface area contributed by atoms with E-state index in [1.807, 2.05) is 35.7 Å². The van der Waals surface area contributed by atoms with Crippen molar-refractivity contribution in [2.75, 3.05) is 39.2 Å². The van der Waals surface area contributed by atoms with E-state index < -0.39 is 0 Å². The monoisotopic (exact) mass is 527 g/mol. The number of amides is 3. The average Bonchev–Trinajstić information content (AvgIpc) is 3.40. The van der Waals surface area contributed by atoms with Crippen molar-refractivity contribution in [3.63, 3.8) is 0 Å². The molecule has 3 amide bonds. The molecule has 36 heavy (non-hydrogen) atoms. The lowest BCUT2D eigenvalue weighted by Gasteiger charge is -2.27. The van der Waals surface area contributed by atoms with Crippen LogP contribution in [-0.4, -0.2) is 55.6 Å². The fourth-order valence-electron chi connectivity index (χ4n) is 3.56. The molecule has 0 aliphatic heterocycles. The van der Waals surface area contributed by atoms with Gasteiger partial charge in [-0.3, -0.25) is 4.79 Å². The zero-order valence-electron chi connectivity index (χ0n) is 20.4. The third-order valence-electron chi connectivity index (χ3n) is 5.46. The number of hydrogen-bond donors (Lipinski definition) is 1. The molecule has 3 rings (SSSR count). The Balaban J connectivity index is 1.71. The number of carbonyl (C=O) groups is 2. The minimum Gasteiger partial charge on any atom is -0.493 e. The lowest BCUT2D eigenvalue weighted by Crippen LogP contribution is -2.44. The Morgan fingerprint density at radius 1 is 1.06 bits per heavy atom. The molecular weight excluding hydrogens is 498 g/mol. The van der Waals surface area contributed by atoms with E-state index in [-0.39, 0.29) is 25.0 Å². The number of halogens is 1. The first-order chi connectivity index (χ1) is 17.4. The molecule has 0 aliphatic rings. The van der Waals surface area contributed by atoms with Gasteiger partial charge in [0.05, 0.1) is 20.8 Å². The van der Waals surface area contributed by atoms with Crippen LogP contribution in [0.1, 0.15) is 10.4 Å². The van der Waals surface area contributed by atoms with Gasteiger partial charge in [0.15, 0.2) is 11.5 Å². The molecule has 0 saturated heterocycles. The highest BCUT2D eigenvalue weighted by Gasteiger charge is 2.21. The van der Waals surface area contributed by atoms with Gasteiger partial charge < -0.3 is 24.6 Å². The Bertz CT molecular complexity index is 1150. The number of ether oxygens (including phenoxy) is 2. The Morgan fingerprint density at radius 3 is 2.44 bits per heavy atom. The van der Waals surface area contributed by atoms with Gasteiger partial charge in [-0.2, -0.15) is 0 Å². The second-order valence-electron chi connectivity index (χ2n) is 7.94. The molecule has 3 aromatic rings. The van der Waals surface area contributed by atoms with E-state index in [4.69, 9.17) is 21.1 Å². The Morgan fingerprint density at radius 2 is 1.81 bits per heavy atom. The molecule has 7 nitrogen and oxygen atoms in total. The standard InChI is InChI=1S/C27H30ClN3O4S/c1-4-14-31(27(33)29-22-10-8-21(28)9-11-22)19-26(32)30(18-23-6-5-16-36-23)15-13-20-7-12-24(34-2)25(17-20)35-3/h4-12,16-17H,1,13-15,18-19H2,2-3H3,(H,29,33). The molecule has 0 aliphatic carbocycles. The fourth-order valence-corrected chi connectivity index (χ4v) is 4.40. The number of rotatable bonds is 12. The van der Waals surface area contributed by atoms with Crippen LogP contribution in [0.15, 0.2) is 72.6 Å². The number of nitrogens with zero attached hydrogens (tertiary/aromatic N) is 2. The van der Waals surface area contributed by atoms with Gasteiger partial charge in [-0.25, -0.2) is 4.79 Å². The molecule has 9 heteroatoms. The summed E-state index contributed by atoms with van der Waals surface area (Å²) in [5.41, 5.74) is 1.61. The summed E-state index contributed by atoms with van der Waals surface area (Å²) in [6.45, 7) is 4.83. The van der Waals surface area contributed by atoms with E-state index in [2.05, 4.69) is 11.9 Å². The normalized spacial score (nSPS) is 10.4. The molecule has 0 radical (unpaired) electrons. The van der Waals surface area contributed by atoms with Crippen LogP contribution in [0.2, 0.25) is 5.02 Å². The zero-order chi connectivity index (χ0) is 25.9. The number of anilines is 1. The summed E-state index contributed by atoms with van der Waals surface area (Å²) in [6.07, 6.45) is 2.22. The molecule has 1 N–H and O–H groups in total. The molecule has 0 bridgehead atoms. The van der Waals surface area contributed by atoms with Gasteiger partial charge in [0.2, 0.25) is 5.91 Å². The fraction of sp³-hybridized carbons (Fsp3) is 0.259. The summed E-state index contributed by atoms with van der Waals surface area (Å²) >= 11 is 7.52. The van der Waals surface area contributed by atoms with Crippen LogP contribution in [0.4, 0.5) is 10.5 Å². The third-order valence-corrected chi connectivity index (χ3v) is 6.57. The largest absolute Gasteiger partial charge is 0.493 e. The summed E-state index contributed by atoms with van der Waals surface area (Å²) in [7, 11) is 3.19. The van der Waals surface area contributed by atoms with Crippen LogP contribution < -0.4 is 14.8 Å². The smallest absolute Gasteiger partial charge is 0.322 e. The van der Waals surface area contributed by atoms with Crippen molar-refractivity contribution in [1.29, 1.82) is 0 Å². The van der Waals surface area contributed by atoms with Gasteiger partial charge in [0.25, 0.3) is 0 Å². The highest BCUT2D eigenvalue weighted by molar-refractivity contribution is 7.09. The van der Waals surface area contributed by atoms with Gasteiger partial charge in [-0.15, -0.1) is 17.9 Å². The van der Waals surface area contributed by atoms with Crippen molar-refractivity contribution in [2.24, 2.45) is 0 Å². The molecule has 0 unspecified atom stereocenters. The van der Waals surface area contributed by atoms with Gasteiger partial charge in [-0.1, -0.05) is 29.8 Å². The predicted molar refractivity (Wildman–Crippen MR) is 145 cm³/mol. The maximum absolute atomic E-state index is 13.4. The number of nitrogens with one attached hydrogen (secondary N) is 1. The Hall–Kier alpha value is -3.49. The molecule has 1 heterocycles. The van der Waals surface area contributed by atoms with Crippen LogP contribution in [0.3, 0.4) is 0 Å². The molecule has 2 aromatic carbocycles. The van der Waals surface area contributed by atoms with E-state index in [0.29, 0.717) is 41.7 Å². The highest BCUT2D eigenvalue weighted by atomic mass is 35.5. The van der Waals surface area contributed by atoms with Crippen LogP contribution in [0.25, 0.3) is 0 Å². The van der Waals surface area contributed by atoms with Crippen LogP contribution >= 0.6 is 22.9 Å².